The molecular formula is C21H30N2O2S. The van der Waals surface area contributed by atoms with Gasteiger partial charge in [0.05, 0.1) is 5.56 Å². The van der Waals surface area contributed by atoms with Crippen LogP contribution in [0.25, 0.3) is 5.69 Å². The highest BCUT2D eigenvalue weighted by atomic mass is 32.2. The Labute approximate surface area is 161 Å². The zero-order chi connectivity index (χ0) is 19.1. The van der Waals surface area contributed by atoms with Gasteiger partial charge in [-0.15, -0.1) is 0 Å². The van der Waals surface area contributed by atoms with E-state index in [1.807, 2.05) is 37.7 Å². The minimum atomic E-state index is -0.855. The Balaban J connectivity index is 2.16. The van der Waals surface area contributed by atoms with E-state index in [1.54, 1.807) is 0 Å². The van der Waals surface area contributed by atoms with Crippen molar-refractivity contribution in [2.24, 2.45) is 0 Å². The average molecular weight is 375 g/mol. The molecule has 0 saturated carbocycles. The molecular weight excluding hydrogens is 344 g/mol. The highest BCUT2D eigenvalue weighted by Crippen LogP contribution is 2.26. The number of nitrogens with one attached hydrogen (secondary N) is 1. The molecule has 2 N–H and O–H groups in total. The molecule has 0 spiro atoms. The second-order valence-corrected chi connectivity index (χ2v) is 7.87. The molecule has 0 unspecified atom stereocenters. The normalized spacial score (nSPS) is 11.1. The van der Waals surface area contributed by atoms with Crippen LogP contribution in [0.2, 0.25) is 0 Å². The van der Waals surface area contributed by atoms with E-state index in [-0.39, 0.29) is 0 Å². The Kier molecular flexibility index (Phi) is 7.79. The van der Waals surface area contributed by atoms with Gasteiger partial charge in [-0.3, -0.25) is 0 Å². The Bertz CT molecular complexity index is 735. The van der Waals surface area contributed by atoms with Gasteiger partial charge < -0.3 is 15.0 Å². The first-order chi connectivity index (χ1) is 12.5. The molecule has 142 valence electrons. The van der Waals surface area contributed by atoms with Gasteiger partial charge in [-0.25, -0.2) is 4.79 Å². The van der Waals surface area contributed by atoms with Crippen LogP contribution in [0.15, 0.2) is 24.3 Å². The molecule has 1 aromatic heterocycles. The van der Waals surface area contributed by atoms with Crippen molar-refractivity contribution in [2.45, 2.75) is 47.1 Å². The van der Waals surface area contributed by atoms with Crippen LogP contribution < -0.4 is 5.32 Å². The number of hydrogen-bond donors (Lipinski definition) is 2. The number of nitrogens with zero attached hydrogens (tertiary/aromatic N) is 1. The number of carbonyl (C=O) groups is 1. The van der Waals surface area contributed by atoms with Crippen LogP contribution in [-0.4, -0.2) is 33.7 Å². The molecule has 2 aromatic rings. The number of carboxylic acids is 1. The number of aromatic nitrogens is 1. The predicted octanol–water partition coefficient (Wildman–Crippen LogP) is 4.72. The van der Waals surface area contributed by atoms with Crippen molar-refractivity contribution >= 4 is 17.7 Å². The smallest absolute Gasteiger partial charge is 0.337 e. The van der Waals surface area contributed by atoms with Crippen LogP contribution in [0.5, 0.6) is 0 Å². The van der Waals surface area contributed by atoms with Crippen LogP contribution in [-0.2, 0) is 6.54 Å². The minimum Gasteiger partial charge on any atom is -0.478 e. The highest BCUT2D eigenvalue weighted by Gasteiger charge is 2.22. The van der Waals surface area contributed by atoms with E-state index < -0.39 is 5.97 Å². The lowest BCUT2D eigenvalue weighted by Crippen LogP contribution is -2.17. The summed E-state index contributed by atoms with van der Waals surface area (Å²) in [5, 5.41) is 13.2. The molecule has 0 amide bonds. The second-order valence-electron chi connectivity index (χ2n) is 6.64. The maximum Gasteiger partial charge on any atom is 0.337 e. The molecule has 1 aromatic carbocycles. The van der Waals surface area contributed by atoms with Gasteiger partial charge in [0.2, 0.25) is 0 Å². The Morgan fingerprint density at radius 2 is 1.81 bits per heavy atom. The standard InChI is InChI=1S/C21H30N2O2S/c1-5-12-26-13-6-11-22-14-19-16(3)23(17(4)20(19)21(24)25)18-9-7-15(2)8-10-18/h7-10,22H,5-6,11-14H2,1-4H3,(H,24,25). The third-order valence-electron chi connectivity index (χ3n) is 4.57. The van der Waals surface area contributed by atoms with Crippen LogP contribution >= 0.6 is 11.8 Å². The molecule has 0 fully saturated rings. The van der Waals surface area contributed by atoms with Gasteiger partial charge in [0.15, 0.2) is 0 Å². The van der Waals surface area contributed by atoms with E-state index >= 15 is 0 Å². The van der Waals surface area contributed by atoms with E-state index in [1.165, 1.54) is 17.7 Å². The molecule has 4 nitrogen and oxygen atoms in total. The van der Waals surface area contributed by atoms with Crippen molar-refractivity contribution in [1.82, 2.24) is 9.88 Å². The topological polar surface area (TPSA) is 54.3 Å². The molecule has 0 saturated heterocycles. The number of carboxylic acid groups (broad SMARTS) is 1. The van der Waals surface area contributed by atoms with Gasteiger partial charge >= 0.3 is 5.97 Å². The van der Waals surface area contributed by atoms with Crippen molar-refractivity contribution in [3.8, 4) is 5.69 Å². The summed E-state index contributed by atoms with van der Waals surface area (Å²) >= 11 is 1.98. The summed E-state index contributed by atoms with van der Waals surface area (Å²) < 4.78 is 2.05. The molecule has 0 bridgehead atoms. The summed E-state index contributed by atoms with van der Waals surface area (Å²) in [5.74, 6) is 1.50. The van der Waals surface area contributed by atoms with Gasteiger partial charge in [-0.05, 0) is 63.8 Å². The maximum absolute atomic E-state index is 11.9. The molecule has 0 radical (unpaired) electrons. The predicted molar refractivity (Wildman–Crippen MR) is 111 cm³/mol. The zero-order valence-corrected chi connectivity index (χ0v) is 17.1. The summed E-state index contributed by atoms with van der Waals surface area (Å²) in [4.78, 5) is 11.9. The van der Waals surface area contributed by atoms with Gasteiger partial charge in [0, 0.05) is 29.2 Å². The van der Waals surface area contributed by atoms with Crippen LogP contribution in [0.4, 0.5) is 0 Å². The molecule has 0 atom stereocenters. The summed E-state index contributed by atoms with van der Waals surface area (Å²) in [6.45, 7) is 9.64. The van der Waals surface area contributed by atoms with Gasteiger partial charge in [0.1, 0.15) is 0 Å². The van der Waals surface area contributed by atoms with Crippen LogP contribution in [0.1, 0.15) is 52.6 Å². The van der Waals surface area contributed by atoms with Crippen molar-refractivity contribution in [2.75, 3.05) is 18.1 Å². The lowest BCUT2D eigenvalue weighted by molar-refractivity contribution is 0.0695. The molecule has 26 heavy (non-hydrogen) atoms. The Morgan fingerprint density at radius 3 is 2.42 bits per heavy atom. The average Bonchev–Trinajstić information content (AvgIpc) is 2.85. The lowest BCUT2D eigenvalue weighted by atomic mass is 10.1. The van der Waals surface area contributed by atoms with Gasteiger partial charge in [0.25, 0.3) is 0 Å². The van der Waals surface area contributed by atoms with Crippen molar-refractivity contribution in [3.63, 3.8) is 0 Å². The molecule has 1 heterocycles. The molecule has 2 rings (SSSR count). The monoisotopic (exact) mass is 374 g/mol. The summed E-state index contributed by atoms with van der Waals surface area (Å²) in [5.41, 5.74) is 5.30. The van der Waals surface area contributed by atoms with E-state index in [9.17, 15) is 9.90 Å². The van der Waals surface area contributed by atoms with Gasteiger partial charge in [-0.2, -0.15) is 11.8 Å². The largest absolute Gasteiger partial charge is 0.478 e. The fourth-order valence-electron chi connectivity index (χ4n) is 3.24. The van der Waals surface area contributed by atoms with Gasteiger partial charge in [-0.1, -0.05) is 24.6 Å². The van der Waals surface area contributed by atoms with Crippen LogP contribution in [0.3, 0.4) is 0 Å². The summed E-state index contributed by atoms with van der Waals surface area (Å²) in [6.07, 6.45) is 2.31. The van der Waals surface area contributed by atoms with E-state index in [0.717, 1.165) is 41.4 Å². The first-order valence-electron chi connectivity index (χ1n) is 9.27. The van der Waals surface area contributed by atoms with E-state index in [2.05, 4.69) is 35.9 Å². The van der Waals surface area contributed by atoms with E-state index in [0.29, 0.717) is 12.1 Å². The maximum atomic E-state index is 11.9. The fraction of sp³-hybridized carbons (Fsp3) is 0.476. The zero-order valence-electron chi connectivity index (χ0n) is 16.3. The second kappa shape index (κ2) is 9.83. The molecule has 0 aliphatic carbocycles. The summed E-state index contributed by atoms with van der Waals surface area (Å²) in [7, 11) is 0. The molecule has 5 heteroatoms. The molecule has 0 aliphatic heterocycles. The Morgan fingerprint density at radius 1 is 1.12 bits per heavy atom. The fourth-order valence-corrected chi connectivity index (χ4v) is 4.08. The number of hydrogen-bond acceptors (Lipinski definition) is 3. The number of aryl methyl sites for hydroxylation is 1. The SMILES string of the molecule is CCCSCCCNCc1c(C(=O)O)c(C)n(-c2ccc(C)cc2)c1C. The number of rotatable bonds is 10. The molecule has 0 aliphatic rings. The van der Waals surface area contributed by atoms with Crippen LogP contribution in [0, 0.1) is 20.8 Å². The van der Waals surface area contributed by atoms with Crippen molar-refractivity contribution in [3.05, 3.63) is 52.3 Å². The first-order valence-corrected chi connectivity index (χ1v) is 10.4. The Hall–Kier alpha value is -1.72. The quantitative estimate of drug-likeness (QED) is 0.591. The van der Waals surface area contributed by atoms with Crippen molar-refractivity contribution in [1.29, 1.82) is 0 Å². The third-order valence-corrected chi connectivity index (χ3v) is 5.84. The van der Waals surface area contributed by atoms with Crippen molar-refractivity contribution < 1.29 is 9.90 Å². The number of thioether (sulfide) groups is 1. The third kappa shape index (κ3) is 4.92. The minimum absolute atomic E-state index is 0.427. The summed E-state index contributed by atoms with van der Waals surface area (Å²) in [6, 6.07) is 8.20. The highest BCUT2D eigenvalue weighted by molar-refractivity contribution is 7.99. The van der Waals surface area contributed by atoms with E-state index in [4.69, 9.17) is 0 Å². The number of aromatic carboxylic acids is 1. The lowest BCUT2D eigenvalue weighted by Gasteiger charge is -2.10. The first kappa shape index (κ1) is 20.6. The number of benzene rings is 1.